The number of aliphatic hydroxyl groups is 1. The van der Waals surface area contributed by atoms with Crippen molar-refractivity contribution in [1.29, 1.82) is 0 Å². The minimum Gasteiger partial charge on any atom is -0.497 e. The van der Waals surface area contributed by atoms with E-state index in [-0.39, 0.29) is 6.10 Å². The second kappa shape index (κ2) is 4.71. The van der Waals surface area contributed by atoms with Gasteiger partial charge < -0.3 is 9.84 Å². The number of hydrogen-bond acceptors (Lipinski definition) is 2. The third-order valence-corrected chi connectivity index (χ3v) is 3.37. The number of methoxy groups -OCH3 is 1. The molecule has 2 heteroatoms. The van der Waals surface area contributed by atoms with Gasteiger partial charge in [-0.15, -0.1) is 6.58 Å². The van der Waals surface area contributed by atoms with Crippen molar-refractivity contribution in [3.05, 3.63) is 42.0 Å². The maximum atomic E-state index is 10.2. The smallest absolute Gasteiger partial charge is 0.119 e. The summed E-state index contributed by atoms with van der Waals surface area (Å²) in [6.07, 6.45) is 4.46. The molecule has 0 aliphatic heterocycles. The van der Waals surface area contributed by atoms with E-state index >= 15 is 0 Å². The zero-order chi connectivity index (χ0) is 11.5. The Balaban J connectivity index is 2.27. The van der Waals surface area contributed by atoms with Crippen molar-refractivity contribution < 1.29 is 9.84 Å². The number of ether oxygens (including phenoxy) is 1. The van der Waals surface area contributed by atoms with E-state index < -0.39 is 0 Å². The third kappa shape index (κ3) is 1.98. The molecule has 0 aromatic heterocycles. The van der Waals surface area contributed by atoms with Gasteiger partial charge in [0.05, 0.1) is 13.2 Å². The molecule has 0 saturated carbocycles. The largest absolute Gasteiger partial charge is 0.497 e. The van der Waals surface area contributed by atoms with Gasteiger partial charge >= 0.3 is 0 Å². The van der Waals surface area contributed by atoms with Crippen LogP contribution in [0.2, 0.25) is 0 Å². The first kappa shape index (κ1) is 11.2. The molecular formula is C14H18O2. The molecule has 0 fully saturated rings. The maximum Gasteiger partial charge on any atom is 0.119 e. The molecule has 86 valence electrons. The van der Waals surface area contributed by atoms with Gasteiger partial charge in [0.15, 0.2) is 0 Å². The summed E-state index contributed by atoms with van der Waals surface area (Å²) in [5.74, 6) is 1.19. The highest BCUT2D eigenvalue weighted by Gasteiger charge is 2.26. The van der Waals surface area contributed by atoms with E-state index in [0.29, 0.717) is 5.92 Å². The number of aryl methyl sites for hydroxylation is 1. The van der Waals surface area contributed by atoms with Gasteiger partial charge in [-0.05, 0) is 48.4 Å². The van der Waals surface area contributed by atoms with Crippen molar-refractivity contribution in [3.8, 4) is 5.75 Å². The summed E-state index contributed by atoms with van der Waals surface area (Å²) in [7, 11) is 1.67. The van der Waals surface area contributed by atoms with Crippen LogP contribution in [0.5, 0.6) is 5.75 Å². The van der Waals surface area contributed by atoms with Gasteiger partial charge in [0.25, 0.3) is 0 Å². The van der Waals surface area contributed by atoms with Gasteiger partial charge in [-0.25, -0.2) is 0 Å². The summed E-state index contributed by atoms with van der Waals surface area (Å²) in [6, 6.07) is 5.93. The molecule has 0 heterocycles. The lowest BCUT2D eigenvalue weighted by Crippen LogP contribution is -2.20. The zero-order valence-electron chi connectivity index (χ0n) is 9.65. The van der Waals surface area contributed by atoms with Crippen LogP contribution >= 0.6 is 0 Å². The van der Waals surface area contributed by atoms with Gasteiger partial charge in [0, 0.05) is 0 Å². The Morgan fingerprint density at radius 1 is 1.56 bits per heavy atom. The van der Waals surface area contributed by atoms with Crippen molar-refractivity contribution in [1.82, 2.24) is 0 Å². The summed E-state index contributed by atoms with van der Waals surface area (Å²) >= 11 is 0. The number of fused-ring (bicyclic) bond motifs is 1. The van der Waals surface area contributed by atoms with Crippen LogP contribution in [0.3, 0.4) is 0 Å². The summed E-state index contributed by atoms with van der Waals surface area (Å²) in [4.78, 5) is 0. The van der Waals surface area contributed by atoms with Crippen LogP contribution in [0.1, 0.15) is 30.1 Å². The molecule has 0 bridgehead atoms. The van der Waals surface area contributed by atoms with E-state index in [2.05, 4.69) is 6.58 Å². The van der Waals surface area contributed by atoms with Gasteiger partial charge in [0.2, 0.25) is 0 Å². The quantitative estimate of drug-likeness (QED) is 0.790. The molecule has 0 amide bonds. The highest BCUT2D eigenvalue weighted by Crippen LogP contribution is 2.37. The summed E-state index contributed by atoms with van der Waals surface area (Å²) < 4.78 is 5.19. The van der Waals surface area contributed by atoms with E-state index in [4.69, 9.17) is 4.74 Å². The fourth-order valence-corrected chi connectivity index (χ4v) is 2.43. The Morgan fingerprint density at radius 2 is 2.38 bits per heavy atom. The summed E-state index contributed by atoms with van der Waals surface area (Å²) in [5.41, 5.74) is 2.27. The van der Waals surface area contributed by atoms with Gasteiger partial charge in [-0.2, -0.15) is 0 Å². The Hall–Kier alpha value is -1.28. The lowest BCUT2D eigenvalue weighted by Gasteiger charge is -2.29. The molecule has 0 unspecified atom stereocenters. The monoisotopic (exact) mass is 218 g/mol. The predicted molar refractivity (Wildman–Crippen MR) is 64.6 cm³/mol. The minimum absolute atomic E-state index is 0.318. The molecule has 1 aliphatic rings. The van der Waals surface area contributed by atoms with E-state index in [1.54, 1.807) is 7.11 Å². The number of rotatable bonds is 3. The highest BCUT2D eigenvalue weighted by atomic mass is 16.5. The first-order valence-electron chi connectivity index (χ1n) is 5.72. The normalized spacial score (nSPS) is 23.6. The lowest BCUT2D eigenvalue weighted by atomic mass is 9.80. The second-order valence-electron chi connectivity index (χ2n) is 4.33. The standard InChI is InChI=1S/C14H18O2/c1-3-4-10-5-6-11-9-12(16-2)7-8-13(11)14(10)15/h3,7-10,14-15H,1,4-6H2,2H3/t10-,14+/m1/s1. The maximum absolute atomic E-state index is 10.2. The van der Waals surface area contributed by atoms with E-state index in [1.807, 2.05) is 24.3 Å². The SMILES string of the molecule is C=CC[C@@H]1CCc2cc(OC)ccc2[C@H]1O. The second-order valence-corrected chi connectivity index (χ2v) is 4.33. The molecule has 1 aromatic carbocycles. The predicted octanol–water partition coefficient (Wildman–Crippen LogP) is 2.87. The number of allylic oxidation sites excluding steroid dienone is 1. The first-order chi connectivity index (χ1) is 7.76. The number of benzene rings is 1. The van der Waals surface area contributed by atoms with Crippen LogP contribution in [0, 0.1) is 5.92 Å². The van der Waals surface area contributed by atoms with Crippen LogP contribution in [-0.4, -0.2) is 12.2 Å². The first-order valence-corrected chi connectivity index (χ1v) is 5.72. The van der Waals surface area contributed by atoms with Gasteiger partial charge in [-0.1, -0.05) is 12.1 Å². The van der Waals surface area contributed by atoms with Gasteiger partial charge in [0.1, 0.15) is 5.75 Å². The molecular weight excluding hydrogens is 200 g/mol. The van der Waals surface area contributed by atoms with Crippen molar-refractivity contribution in [2.45, 2.75) is 25.4 Å². The third-order valence-electron chi connectivity index (χ3n) is 3.37. The van der Waals surface area contributed by atoms with Gasteiger partial charge in [-0.3, -0.25) is 0 Å². The van der Waals surface area contributed by atoms with Crippen molar-refractivity contribution in [2.75, 3.05) is 7.11 Å². The molecule has 16 heavy (non-hydrogen) atoms. The lowest BCUT2D eigenvalue weighted by molar-refractivity contribution is 0.0951. The number of aliphatic hydroxyl groups excluding tert-OH is 1. The van der Waals surface area contributed by atoms with Crippen molar-refractivity contribution in [2.24, 2.45) is 5.92 Å². The van der Waals surface area contributed by atoms with Crippen LogP contribution in [0.15, 0.2) is 30.9 Å². The Morgan fingerprint density at radius 3 is 3.06 bits per heavy atom. The van der Waals surface area contributed by atoms with Crippen LogP contribution < -0.4 is 4.74 Å². The molecule has 1 N–H and O–H groups in total. The molecule has 0 radical (unpaired) electrons. The minimum atomic E-state index is -0.354. The van der Waals surface area contributed by atoms with E-state index in [1.165, 1.54) is 5.56 Å². The van der Waals surface area contributed by atoms with E-state index in [0.717, 1.165) is 30.6 Å². The Bertz CT molecular complexity index is 384. The molecule has 2 nitrogen and oxygen atoms in total. The van der Waals surface area contributed by atoms with Crippen LogP contribution in [0.25, 0.3) is 0 Å². The molecule has 1 aliphatic carbocycles. The van der Waals surface area contributed by atoms with Crippen LogP contribution in [0.4, 0.5) is 0 Å². The van der Waals surface area contributed by atoms with Crippen molar-refractivity contribution in [3.63, 3.8) is 0 Å². The molecule has 2 atom stereocenters. The highest BCUT2D eigenvalue weighted by molar-refractivity contribution is 5.38. The average Bonchev–Trinajstić information content (AvgIpc) is 2.32. The Labute approximate surface area is 96.6 Å². The van der Waals surface area contributed by atoms with Crippen molar-refractivity contribution >= 4 is 0 Å². The molecule has 0 saturated heterocycles. The summed E-state index contributed by atoms with van der Waals surface area (Å²) in [6.45, 7) is 3.74. The summed E-state index contributed by atoms with van der Waals surface area (Å²) in [5, 5.41) is 10.2. The molecule has 2 rings (SSSR count). The van der Waals surface area contributed by atoms with Crippen LogP contribution in [-0.2, 0) is 6.42 Å². The van der Waals surface area contributed by atoms with E-state index in [9.17, 15) is 5.11 Å². The molecule has 1 aromatic rings. The molecule has 0 spiro atoms. The fourth-order valence-electron chi connectivity index (χ4n) is 2.43. The zero-order valence-corrected chi connectivity index (χ0v) is 9.65. The Kier molecular flexibility index (Phi) is 3.30. The average molecular weight is 218 g/mol. The topological polar surface area (TPSA) is 29.5 Å². The fraction of sp³-hybridized carbons (Fsp3) is 0.429. The number of hydrogen-bond donors (Lipinski definition) is 1.